The lowest BCUT2D eigenvalue weighted by Crippen LogP contribution is -2.10. The fraction of sp³-hybridized carbons (Fsp3) is 1.00. The van der Waals surface area contributed by atoms with Gasteiger partial charge in [-0.1, -0.05) is 0 Å². The Balaban J connectivity index is 1.65. The molecule has 1 fully saturated rings. The van der Waals surface area contributed by atoms with Crippen molar-refractivity contribution in [2.24, 2.45) is 0 Å². The van der Waals surface area contributed by atoms with Gasteiger partial charge in [-0.2, -0.15) is 0 Å². The molecule has 0 radical (unpaired) electrons. The van der Waals surface area contributed by atoms with Crippen molar-refractivity contribution in [1.82, 2.24) is 0 Å². The summed E-state index contributed by atoms with van der Waals surface area (Å²) in [5, 5.41) is 0. The number of epoxide rings is 1. The highest BCUT2D eigenvalue weighted by Gasteiger charge is 2.21. The van der Waals surface area contributed by atoms with Crippen molar-refractivity contribution in [2.45, 2.75) is 6.10 Å². The summed E-state index contributed by atoms with van der Waals surface area (Å²) < 4.78 is 20.2. The second kappa shape index (κ2) is 6.37. The van der Waals surface area contributed by atoms with E-state index in [0.717, 1.165) is 6.61 Å². The van der Waals surface area contributed by atoms with Crippen LogP contribution in [0.25, 0.3) is 0 Å². The molecule has 1 aliphatic heterocycles. The summed E-state index contributed by atoms with van der Waals surface area (Å²) in [4.78, 5) is 0. The molecule has 12 heavy (non-hydrogen) atoms. The molecular weight excluding hydrogens is 160 g/mol. The highest BCUT2D eigenvalue weighted by Crippen LogP contribution is 2.07. The molecule has 0 aromatic carbocycles. The Morgan fingerprint density at radius 3 is 2.50 bits per heavy atom. The first-order chi connectivity index (χ1) is 5.93. The van der Waals surface area contributed by atoms with Crippen LogP contribution in [0.15, 0.2) is 0 Å². The van der Waals surface area contributed by atoms with Crippen LogP contribution in [-0.4, -0.2) is 52.9 Å². The third-order valence-corrected chi connectivity index (χ3v) is 1.51. The van der Waals surface area contributed by atoms with Gasteiger partial charge < -0.3 is 18.9 Å². The number of rotatable bonds is 8. The average Bonchev–Trinajstić information content (AvgIpc) is 2.87. The molecule has 72 valence electrons. The summed E-state index contributed by atoms with van der Waals surface area (Å²) >= 11 is 0. The van der Waals surface area contributed by atoms with Gasteiger partial charge in [0, 0.05) is 7.11 Å². The first-order valence-corrected chi connectivity index (χ1v) is 4.19. The SMILES string of the molecule is COCCOCCOCC1CO1. The van der Waals surface area contributed by atoms with Gasteiger partial charge in [0.05, 0.1) is 39.6 Å². The highest BCUT2D eigenvalue weighted by atomic mass is 16.6. The Morgan fingerprint density at radius 1 is 1.17 bits per heavy atom. The predicted molar refractivity (Wildman–Crippen MR) is 43.3 cm³/mol. The molecule has 1 rings (SSSR count). The van der Waals surface area contributed by atoms with Crippen molar-refractivity contribution >= 4 is 0 Å². The van der Waals surface area contributed by atoms with Crippen LogP contribution in [0.3, 0.4) is 0 Å². The van der Waals surface area contributed by atoms with E-state index in [-0.39, 0.29) is 0 Å². The maximum Gasteiger partial charge on any atom is 0.104 e. The van der Waals surface area contributed by atoms with Gasteiger partial charge in [0.2, 0.25) is 0 Å². The second-order valence-electron chi connectivity index (χ2n) is 2.64. The molecule has 0 spiro atoms. The first kappa shape index (κ1) is 9.92. The van der Waals surface area contributed by atoms with Crippen LogP contribution in [0.4, 0.5) is 0 Å². The Labute approximate surface area is 72.7 Å². The second-order valence-corrected chi connectivity index (χ2v) is 2.64. The zero-order chi connectivity index (χ0) is 8.65. The summed E-state index contributed by atoms with van der Waals surface area (Å²) in [5.41, 5.74) is 0. The summed E-state index contributed by atoms with van der Waals surface area (Å²) in [5.74, 6) is 0. The minimum atomic E-state index is 0.351. The average molecular weight is 176 g/mol. The lowest BCUT2D eigenvalue weighted by atomic mass is 10.5. The number of methoxy groups -OCH3 is 1. The maximum absolute atomic E-state index is 5.25. The predicted octanol–water partition coefficient (Wildman–Crippen LogP) is 0.0648. The fourth-order valence-corrected chi connectivity index (χ4v) is 0.741. The van der Waals surface area contributed by atoms with E-state index in [2.05, 4.69) is 0 Å². The molecule has 0 bridgehead atoms. The lowest BCUT2D eigenvalue weighted by molar-refractivity contribution is 0.0213. The summed E-state index contributed by atoms with van der Waals surface area (Å²) in [6.45, 7) is 4.11. The minimum Gasteiger partial charge on any atom is -0.382 e. The molecule has 0 aromatic heterocycles. The molecule has 1 aliphatic rings. The number of ether oxygens (including phenoxy) is 4. The van der Waals surface area contributed by atoms with E-state index in [4.69, 9.17) is 18.9 Å². The number of hydrogen-bond acceptors (Lipinski definition) is 4. The zero-order valence-corrected chi connectivity index (χ0v) is 7.45. The van der Waals surface area contributed by atoms with Gasteiger partial charge in [0.25, 0.3) is 0 Å². The van der Waals surface area contributed by atoms with Crippen LogP contribution in [0.2, 0.25) is 0 Å². The quantitative estimate of drug-likeness (QED) is 0.387. The molecular formula is C8H16O4. The van der Waals surface area contributed by atoms with Crippen molar-refractivity contribution in [3.8, 4) is 0 Å². The van der Waals surface area contributed by atoms with Crippen LogP contribution < -0.4 is 0 Å². The molecule has 0 amide bonds. The first-order valence-electron chi connectivity index (χ1n) is 4.19. The molecule has 0 saturated carbocycles. The van der Waals surface area contributed by atoms with Gasteiger partial charge in [-0.15, -0.1) is 0 Å². The van der Waals surface area contributed by atoms with Crippen molar-refractivity contribution in [2.75, 3.05) is 46.8 Å². The minimum absolute atomic E-state index is 0.351. The maximum atomic E-state index is 5.25. The molecule has 4 nitrogen and oxygen atoms in total. The smallest absolute Gasteiger partial charge is 0.104 e. The Hall–Kier alpha value is -0.160. The third kappa shape index (κ3) is 5.49. The van der Waals surface area contributed by atoms with E-state index in [1.165, 1.54) is 0 Å². The Kier molecular flexibility index (Phi) is 5.27. The summed E-state index contributed by atoms with van der Waals surface area (Å²) in [7, 11) is 1.66. The van der Waals surface area contributed by atoms with Gasteiger partial charge in [0.15, 0.2) is 0 Å². The highest BCUT2D eigenvalue weighted by molar-refractivity contribution is 4.66. The van der Waals surface area contributed by atoms with E-state index in [1.807, 2.05) is 0 Å². The standard InChI is InChI=1S/C8H16O4/c1-9-2-3-10-4-5-11-6-8-7-12-8/h8H,2-7H2,1H3. The van der Waals surface area contributed by atoms with Crippen molar-refractivity contribution in [1.29, 1.82) is 0 Å². The molecule has 0 N–H and O–H groups in total. The van der Waals surface area contributed by atoms with Crippen LogP contribution in [0.1, 0.15) is 0 Å². The van der Waals surface area contributed by atoms with E-state index in [9.17, 15) is 0 Å². The van der Waals surface area contributed by atoms with E-state index < -0.39 is 0 Å². The van der Waals surface area contributed by atoms with Crippen LogP contribution >= 0.6 is 0 Å². The van der Waals surface area contributed by atoms with E-state index >= 15 is 0 Å². The Morgan fingerprint density at radius 2 is 1.83 bits per heavy atom. The van der Waals surface area contributed by atoms with Gasteiger partial charge in [-0.3, -0.25) is 0 Å². The van der Waals surface area contributed by atoms with E-state index in [1.54, 1.807) is 7.11 Å². The van der Waals surface area contributed by atoms with Crippen LogP contribution in [0.5, 0.6) is 0 Å². The zero-order valence-electron chi connectivity index (χ0n) is 7.45. The van der Waals surface area contributed by atoms with Gasteiger partial charge >= 0.3 is 0 Å². The van der Waals surface area contributed by atoms with E-state index in [0.29, 0.717) is 39.1 Å². The van der Waals surface area contributed by atoms with Gasteiger partial charge in [-0.05, 0) is 0 Å². The fourth-order valence-electron chi connectivity index (χ4n) is 0.741. The van der Waals surface area contributed by atoms with Gasteiger partial charge in [-0.25, -0.2) is 0 Å². The number of hydrogen-bond donors (Lipinski definition) is 0. The van der Waals surface area contributed by atoms with Gasteiger partial charge in [0.1, 0.15) is 6.10 Å². The van der Waals surface area contributed by atoms with Crippen LogP contribution in [-0.2, 0) is 18.9 Å². The monoisotopic (exact) mass is 176 g/mol. The third-order valence-electron chi connectivity index (χ3n) is 1.51. The van der Waals surface area contributed by atoms with Crippen molar-refractivity contribution in [3.63, 3.8) is 0 Å². The molecule has 1 saturated heterocycles. The van der Waals surface area contributed by atoms with Crippen molar-refractivity contribution < 1.29 is 18.9 Å². The van der Waals surface area contributed by atoms with Crippen molar-refractivity contribution in [3.05, 3.63) is 0 Å². The summed E-state index contributed by atoms with van der Waals surface area (Å²) in [6.07, 6.45) is 0.351. The molecule has 1 heterocycles. The Bertz CT molecular complexity index is 103. The molecule has 0 aromatic rings. The lowest BCUT2D eigenvalue weighted by Gasteiger charge is -2.03. The molecule has 0 aliphatic carbocycles. The van der Waals surface area contributed by atoms with Crippen LogP contribution in [0, 0.1) is 0 Å². The largest absolute Gasteiger partial charge is 0.382 e. The topological polar surface area (TPSA) is 40.2 Å². The molecule has 4 heteroatoms. The normalized spacial score (nSPS) is 21.2. The molecule has 1 atom stereocenters. The molecule has 1 unspecified atom stereocenters. The summed E-state index contributed by atoms with van der Waals surface area (Å²) in [6, 6.07) is 0.